The number of aryl methyl sites for hydroxylation is 1. The second-order valence-electron chi connectivity index (χ2n) is 4.69. The minimum absolute atomic E-state index is 0.0205. The lowest BCUT2D eigenvalue weighted by Crippen LogP contribution is -2.12. The molecule has 19 heavy (non-hydrogen) atoms. The molecule has 0 aliphatic heterocycles. The Labute approximate surface area is 114 Å². The van der Waals surface area contributed by atoms with Crippen molar-refractivity contribution in [3.63, 3.8) is 0 Å². The third kappa shape index (κ3) is 3.48. The molecule has 5 nitrogen and oxygen atoms in total. The van der Waals surface area contributed by atoms with Crippen molar-refractivity contribution in [3.05, 3.63) is 23.8 Å². The van der Waals surface area contributed by atoms with E-state index in [1.54, 1.807) is 7.11 Å². The number of hydrogen-bond acceptors (Lipinski definition) is 4. The fraction of sp³-hybridized carbons (Fsp3) is 0.462. The fourth-order valence-electron chi connectivity index (χ4n) is 2.02. The molecule has 2 aromatic rings. The Hall–Kier alpha value is -1.53. The number of unbranched alkanes of at least 4 members (excludes halogenated alkanes) is 1. The van der Waals surface area contributed by atoms with Gasteiger partial charge in [-0.1, -0.05) is 17.7 Å². The Morgan fingerprint density at radius 2 is 2.26 bits per heavy atom. The van der Waals surface area contributed by atoms with Crippen LogP contribution in [0.5, 0.6) is 0 Å². The third-order valence-electron chi connectivity index (χ3n) is 3.08. The Bertz CT molecular complexity index is 568. The molecule has 0 spiro atoms. The smallest absolute Gasteiger partial charge is 0.248 e. The Morgan fingerprint density at radius 3 is 3.05 bits per heavy atom. The molecule has 0 unspecified atom stereocenters. The van der Waals surface area contributed by atoms with E-state index in [2.05, 4.69) is 10.3 Å². The van der Waals surface area contributed by atoms with Crippen LogP contribution in [-0.2, 0) is 4.43 Å². The zero-order valence-electron chi connectivity index (χ0n) is 11.4. The number of carbonyl (C=O) groups excluding carboxylic acids is 1. The molecule has 0 N–H and O–H groups in total. The molecule has 0 fully saturated rings. The quantitative estimate of drug-likeness (QED) is 0.595. The van der Waals surface area contributed by atoms with Crippen LogP contribution in [0.3, 0.4) is 0 Å². The summed E-state index contributed by atoms with van der Waals surface area (Å²) in [4.78, 5) is 12.1. The van der Waals surface area contributed by atoms with Crippen LogP contribution < -0.4 is 0 Å². The summed E-state index contributed by atoms with van der Waals surface area (Å²) in [5, 5.41) is 7.97. The minimum atomic E-state index is -0.360. The van der Waals surface area contributed by atoms with E-state index in [1.165, 1.54) is 4.68 Å². The van der Waals surface area contributed by atoms with E-state index in [1.807, 2.05) is 25.1 Å². The van der Waals surface area contributed by atoms with Crippen molar-refractivity contribution >= 4 is 26.7 Å². The van der Waals surface area contributed by atoms with Gasteiger partial charge in [-0.3, -0.25) is 4.79 Å². The highest BCUT2D eigenvalue weighted by Gasteiger charge is 2.11. The first-order valence-electron chi connectivity index (χ1n) is 6.56. The zero-order chi connectivity index (χ0) is 13.7. The number of fused-ring (bicyclic) bond motifs is 1. The van der Waals surface area contributed by atoms with Crippen LogP contribution in [0.25, 0.3) is 11.0 Å². The number of benzene rings is 1. The molecule has 0 amide bonds. The first-order chi connectivity index (χ1) is 9.22. The number of nitrogens with zero attached hydrogens (tertiary/aromatic N) is 3. The van der Waals surface area contributed by atoms with Crippen molar-refractivity contribution in [2.75, 3.05) is 7.11 Å². The predicted molar refractivity (Wildman–Crippen MR) is 77.1 cm³/mol. The summed E-state index contributed by atoms with van der Waals surface area (Å²) in [6.45, 7) is 2.00. The SMILES string of the molecule is CO[SiH2]CCCCC(=O)n1nnc2ccc(C)cc21. The van der Waals surface area contributed by atoms with Crippen LogP contribution in [0.15, 0.2) is 18.2 Å². The normalized spacial score (nSPS) is 11.7. The van der Waals surface area contributed by atoms with Gasteiger partial charge in [0.15, 0.2) is 9.76 Å². The molecule has 0 saturated heterocycles. The molecule has 0 saturated carbocycles. The van der Waals surface area contributed by atoms with Gasteiger partial charge in [0, 0.05) is 13.5 Å². The van der Waals surface area contributed by atoms with Crippen LogP contribution in [0.4, 0.5) is 0 Å². The van der Waals surface area contributed by atoms with Crippen LogP contribution in [0.1, 0.15) is 29.6 Å². The van der Waals surface area contributed by atoms with Gasteiger partial charge in [0.25, 0.3) is 0 Å². The van der Waals surface area contributed by atoms with Crippen LogP contribution >= 0.6 is 0 Å². The van der Waals surface area contributed by atoms with Crippen molar-refractivity contribution in [2.24, 2.45) is 0 Å². The summed E-state index contributed by atoms with van der Waals surface area (Å²) in [5.74, 6) is 0.0205. The molecule has 2 rings (SSSR count). The van der Waals surface area contributed by atoms with E-state index in [9.17, 15) is 4.79 Å². The van der Waals surface area contributed by atoms with Crippen molar-refractivity contribution < 1.29 is 9.22 Å². The van der Waals surface area contributed by atoms with Gasteiger partial charge in [-0.2, -0.15) is 4.68 Å². The molecule has 102 valence electrons. The van der Waals surface area contributed by atoms with Gasteiger partial charge in [0.05, 0.1) is 5.52 Å². The topological polar surface area (TPSA) is 57.0 Å². The molecule has 0 atom stereocenters. The van der Waals surface area contributed by atoms with E-state index in [0.717, 1.165) is 35.5 Å². The van der Waals surface area contributed by atoms with Crippen molar-refractivity contribution in [1.29, 1.82) is 0 Å². The number of hydrogen-bond donors (Lipinski definition) is 0. The summed E-state index contributed by atoms with van der Waals surface area (Å²) in [6.07, 6.45) is 2.46. The first-order valence-corrected chi connectivity index (χ1v) is 8.14. The van der Waals surface area contributed by atoms with E-state index >= 15 is 0 Å². The number of aromatic nitrogens is 3. The van der Waals surface area contributed by atoms with Gasteiger partial charge in [-0.05, 0) is 37.1 Å². The fourth-order valence-corrected chi connectivity index (χ4v) is 2.86. The van der Waals surface area contributed by atoms with E-state index in [4.69, 9.17) is 4.43 Å². The molecule has 0 aliphatic rings. The predicted octanol–water partition coefficient (Wildman–Crippen LogP) is 1.70. The maximum atomic E-state index is 12.1. The lowest BCUT2D eigenvalue weighted by Gasteiger charge is -2.02. The molecule has 0 radical (unpaired) electrons. The van der Waals surface area contributed by atoms with Crippen LogP contribution in [0.2, 0.25) is 6.04 Å². The Morgan fingerprint density at radius 1 is 1.42 bits per heavy atom. The average molecular weight is 277 g/mol. The highest BCUT2D eigenvalue weighted by atomic mass is 28.2. The standard InChI is InChI=1S/C13H19N3O2Si/c1-10-6-7-11-12(9-10)16(15-14-11)13(17)5-3-4-8-19-18-2/h6-7,9H,3-5,8,19H2,1-2H3. The monoisotopic (exact) mass is 277 g/mol. The summed E-state index contributed by atoms with van der Waals surface area (Å²) in [7, 11) is 1.39. The second kappa shape index (κ2) is 6.58. The Kier molecular flexibility index (Phi) is 4.81. The van der Waals surface area contributed by atoms with Crippen molar-refractivity contribution in [2.45, 2.75) is 32.2 Å². The highest BCUT2D eigenvalue weighted by molar-refractivity contribution is 6.26. The average Bonchev–Trinajstić information content (AvgIpc) is 2.81. The lowest BCUT2D eigenvalue weighted by molar-refractivity contribution is 0.0887. The van der Waals surface area contributed by atoms with Gasteiger partial charge < -0.3 is 4.43 Å². The van der Waals surface area contributed by atoms with E-state index in [0.29, 0.717) is 6.42 Å². The van der Waals surface area contributed by atoms with Crippen molar-refractivity contribution in [1.82, 2.24) is 15.0 Å². The summed E-state index contributed by atoms with van der Waals surface area (Å²) < 4.78 is 6.55. The molecule has 0 bridgehead atoms. The third-order valence-corrected chi connectivity index (χ3v) is 4.27. The molecule has 0 aliphatic carbocycles. The lowest BCUT2D eigenvalue weighted by atomic mass is 10.2. The molecule has 6 heteroatoms. The molecule has 1 aromatic carbocycles. The zero-order valence-corrected chi connectivity index (χ0v) is 12.8. The van der Waals surface area contributed by atoms with Gasteiger partial charge in [-0.15, -0.1) is 5.10 Å². The van der Waals surface area contributed by atoms with Gasteiger partial charge in [0.2, 0.25) is 5.91 Å². The Balaban J connectivity index is 1.99. The van der Waals surface area contributed by atoms with Crippen molar-refractivity contribution in [3.8, 4) is 0 Å². The van der Waals surface area contributed by atoms with E-state index in [-0.39, 0.29) is 15.7 Å². The molecule has 1 aromatic heterocycles. The number of carbonyl (C=O) groups is 1. The minimum Gasteiger partial charge on any atom is -0.427 e. The first kappa shape index (κ1) is 13.9. The van der Waals surface area contributed by atoms with Gasteiger partial charge in [-0.25, -0.2) is 0 Å². The van der Waals surface area contributed by atoms with Crippen LogP contribution in [0, 0.1) is 6.92 Å². The van der Waals surface area contributed by atoms with Gasteiger partial charge in [0.1, 0.15) is 5.52 Å². The maximum absolute atomic E-state index is 12.1. The molecule has 1 heterocycles. The molecular weight excluding hydrogens is 258 g/mol. The van der Waals surface area contributed by atoms with Gasteiger partial charge >= 0.3 is 0 Å². The highest BCUT2D eigenvalue weighted by Crippen LogP contribution is 2.14. The number of rotatable bonds is 6. The summed E-state index contributed by atoms with van der Waals surface area (Å²) in [5.41, 5.74) is 2.68. The maximum Gasteiger partial charge on any atom is 0.248 e. The summed E-state index contributed by atoms with van der Waals surface area (Å²) >= 11 is 0. The largest absolute Gasteiger partial charge is 0.427 e. The van der Waals surface area contributed by atoms with Crippen LogP contribution in [-0.4, -0.2) is 37.8 Å². The van der Waals surface area contributed by atoms with E-state index < -0.39 is 0 Å². The summed E-state index contributed by atoms with van der Waals surface area (Å²) in [6, 6.07) is 6.94. The molecular formula is C13H19N3O2Si. The second-order valence-corrected chi connectivity index (χ2v) is 6.38.